The molecule has 6 nitrogen and oxygen atoms in total. The number of nitrogens with zero attached hydrogens (tertiary/aromatic N) is 2. The molecule has 0 saturated heterocycles. The number of aromatic nitrogens is 1. The molecule has 0 aliphatic carbocycles. The first kappa shape index (κ1) is 17.1. The zero-order valence-corrected chi connectivity index (χ0v) is 14.1. The molecule has 1 aromatic heterocycles. The number of fused-ring (bicyclic) bond motifs is 1. The van der Waals surface area contributed by atoms with Crippen molar-refractivity contribution < 1.29 is 19.8 Å². The van der Waals surface area contributed by atoms with Crippen LogP contribution in [0.1, 0.15) is 30.5 Å². The van der Waals surface area contributed by atoms with Gasteiger partial charge in [0.25, 0.3) is 0 Å². The third-order valence-electron chi connectivity index (χ3n) is 4.36. The number of aliphatic hydroxyl groups is 1. The number of phenolic OH excluding ortho intramolecular Hbond substituents is 2. The summed E-state index contributed by atoms with van der Waals surface area (Å²) in [6.45, 7) is 2.80. The Morgan fingerprint density at radius 2 is 2.00 bits per heavy atom. The smallest absolute Gasteiger partial charge is 0.175 e. The first-order valence-electron chi connectivity index (χ1n) is 8.12. The minimum absolute atomic E-state index is 0.0871. The Hall–Kier alpha value is -1.76. The Balaban J connectivity index is 1.79. The second-order valence-corrected chi connectivity index (χ2v) is 6.48. The maximum Gasteiger partial charge on any atom is 0.175 e. The molecule has 0 saturated carbocycles. The van der Waals surface area contributed by atoms with E-state index in [2.05, 4.69) is 10.1 Å². The van der Waals surface area contributed by atoms with Crippen LogP contribution in [-0.4, -0.2) is 45.1 Å². The van der Waals surface area contributed by atoms with E-state index in [1.54, 1.807) is 0 Å². The molecule has 0 spiro atoms. The van der Waals surface area contributed by atoms with Crippen molar-refractivity contribution in [3.63, 3.8) is 0 Å². The van der Waals surface area contributed by atoms with Gasteiger partial charge in [-0.3, -0.25) is 4.90 Å². The van der Waals surface area contributed by atoms with Crippen molar-refractivity contribution in [2.45, 2.75) is 32.2 Å². The quantitative estimate of drug-likeness (QED) is 0.692. The predicted octanol–water partition coefficient (Wildman–Crippen LogP) is 2.93. The van der Waals surface area contributed by atoms with E-state index in [0.29, 0.717) is 17.9 Å². The van der Waals surface area contributed by atoms with Gasteiger partial charge in [0.2, 0.25) is 0 Å². The zero-order chi connectivity index (χ0) is 17.1. The van der Waals surface area contributed by atoms with Gasteiger partial charge in [0.15, 0.2) is 5.76 Å². The van der Waals surface area contributed by atoms with E-state index < -0.39 is 0 Å². The summed E-state index contributed by atoms with van der Waals surface area (Å²) in [5.41, 5.74) is 2.30. The molecule has 0 unspecified atom stereocenters. The number of hydrogen-bond donors (Lipinski definition) is 3. The van der Waals surface area contributed by atoms with Gasteiger partial charge >= 0.3 is 0 Å². The molecule has 1 aliphatic heterocycles. The summed E-state index contributed by atoms with van der Waals surface area (Å²) in [6.07, 6.45) is 3.67. The SMILES string of the molecule is OCCCCCN1CCc2noc(-c3cc(Cl)c(O)cc3O)c2C1. The summed E-state index contributed by atoms with van der Waals surface area (Å²) < 4.78 is 5.46. The lowest BCUT2D eigenvalue weighted by atomic mass is 10.0. The normalized spacial score (nSPS) is 14.8. The molecule has 1 aromatic carbocycles. The van der Waals surface area contributed by atoms with Crippen LogP contribution >= 0.6 is 11.6 Å². The molecule has 0 atom stereocenters. The zero-order valence-electron chi connectivity index (χ0n) is 13.3. The molecule has 2 heterocycles. The second kappa shape index (κ2) is 7.42. The van der Waals surface area contributed by atoms with Crippen molar-refractivity contribution in [2.24, 2.45) is 0 Å². The van der Waals surface area contributed by atoms with Crippen LogP contribution < -0.4 is 0 Å². The van der Waals surface area contributed by atoms with Crippen LogP contribution in [0.15, 0.2) is 16.7 Å². The number of unbranched alkanes of at least 4 members (excludes halogenated alkanes) is 2. The lowest BCUT2D eigenvalue weighted by molar-refractivity contribution is 0.238. The van der Waals surface area contributed by atoms with Crippen molar-refractivity contribution in [3.05, 3.63) is 28.4 Å². The number of aromatic hydroxyl groups is 2. The molecule has 0 amide bonds. The number of aliphatic hydroxyl groups excluding tert-OH is 1. The minimum Gasteiger partial charge on any atom is -0.507 e. The summed E-state index contributed by atoms with van der Waals surface area (Å²) in [5, 5.41) is 32.8. The van der Waals surface area contributed by atoms with Crippen LogP contribution in [0.4, 0.5) is 0 Å². The van der Waals surface area contributed by atoms with Gasteiger partial charge in [0, 0.05) is 37.7 Å². The largest absolute Gasteiger partial charge is 0.507 e. The molecular weight excluding hydrogens is 332 g/mol. The van der Waals surface area contributed by atoms with Gasteiger partial charge in [0.1, 0.15) is 11.5 Å². The lowest BCUT2D eigenvalue weighted by Crippen LogP contribution is -2.31. The van der Waals surface area contributed by atoms with Crippen LogP contribution in [0, 0.1) is 0 Å². The second-order valence-electron chi connectivity index (χ2n) is 6.07. The van der Waals surface area contributed by atoms with E-state index in [-0.39, 0.29) is 23.1 Å². The molecule has 0 fully saturated rings. The number of hydrogen-bond acceptors (Lipinski definition) is 6. The van der Waals surface area contributed by atoms with Gasteiger partial charge in [0.05, 0.1) is 16.3 Å². The Labute approximate surface area is 145 Å². The summed E-state index contributed by atoms with van der Waals surface area (Å²) >= 11 is 5.96. The highest BCUT2D eigenvalue weighted by molar-refractivity contribution is 6.32. The van der Waals surface area contributed by atoms with Crippen LogP contribution in [-0.2, 0) is 13.0 Å². The van der Waals surface area contributed by atoms with Gasteiger partial charge in [-0.2, -0.15) is 0 Å². The summed E-state index contributed by atoms with van der Waals surface area (Å²) in [4.78, 5) is 2.32. The molecule has 1 aliphatic rings. The topological polar surface area (TPSA) is 90.0 Å². The van der Waals surface area contributed by atoms with Gasteiger partial charge in [-0.25, -0.2) is 0 Å². The van der Waals surface area contributed by atoms with Crippen molar-refractivity contribution in [1.29, 1.82) is 0 Å². The van der Waals surface area contributed by atoms with Gasteiger partial charge in [-0.05, 0) is 31.9 Å². The molecule has 2 aromatic rings. The Morgan fingerprint density at radius 1 is 1.17 bits per heavy atom. The molecule has 3 rings (SSSR count). The van der Waals surface area contributed by atoms with Gasteiger partial charge < -0.3 is 19.8 Å². The number of halogens is 1. The number of phenols is 2. The van der Waals surface area contributed by atoms with E-state index in [1.807, 2.05) is 0 Å². The lowest BCUT2D eigenvalue weighted by Gasteiger charge is -2.26. The fraction of sp³-hybridized carbons (Fsp3) is 0.471. The average molecular weight is 353 g/mol. The van der Waals surface area contributed by atoms with Crippen molar-refractivity contribution >= 4 is 11.6 Å². The highest BCUT2D eigenvalue weighted by Crippen LogP contribution is 2.40. The first-order valence-corrected chi connectivity index (χ1v) is 8.50. The molecular formula is C17H21ClN2O4. The maximum atomic E-state index is 10.1. The van der Waals surface area contributed by atoms with Crippen molar-refractivity contribution in [2.75, 3.05) is 19.7 Å². The fourth-order valence-corrected chi connectivity index (χ4v) is 3.19. The third kappa shape index (κ3) is 3.50. The standard InChI is InChI=1S/C17H21ClN2O4/c18-13-8-11(15(22)9-16(13)23)17-12-10-20(5-2-1-3-7-21)6-4-14(12)19-24-17/h8-9,21-23H,1-7,10H2. The van der Waals surface area contributed by atoms with E-state index in [0.717, 1.165) is 50.0 Å². The maximum absolute atomic E-state index is 10.1. The van der Waals surface area contributed by atoms with Crippen molar-refractivity contribution in [1.82, 2.24) is 10.1 Å². The molecule has 7 heteroatoms. The average Bonchev–Trinajstić information content (AvgIpc) is 2.98. The van der Waals surface area contributed by atoms with E-state index >= 15 is 0 Å². The highest BCUT2D eigenvalue weighted by Gasteiger charge is 2.26. The Bertz CT molecular complexity index is 717. The van der Waals surface area contributed by atoms with Crippen LogP contribution in [0.5, 0.6) is 11.5 Å². The van der Waals surface area contributed by atoms with Crippen LogP contribution in [0.25, 0.3) is 11.3 Å². The van der Waals surface area contributed by atoms with E-state index in [1.165, 1.54) is 12.1 Å². The first-order chi connectivity index (χ1) is 11.6. The van der Waals surface area contributed by atoms with E-state index in [4.69, 9.17) is 21.2 Å². The molecule has 24 heavy (non-hydrogen) atoms. The summed E-state index contributed by atoms with van der Waals surface area (Å²) in [6, 6.07) is 2.70. The van der Waals surface area contributed by atoms with Gasteiger partial charge in [-0.15, -0.1) is 0 Å². The summed E-state index contributed by atoms with van der Waals surface area (Å²) in [5.74, 6) is 0.247. The van der Waals surface area contributed by atoms with Crippen LogP contribution in [0.3, 0.4) is 0 Å². The predicted molar refractivity (Wildman–Crippen MR) is 90.2 cm³/mol. The van der Waals surface area contributed by atoms with Gasteiger partial charge in [-0.1, -0.05) is 16.8 Å². The monoisotopic (exact) mass is 352 g/mol. The molecule has 0 radical (unpaired) electrons. The molecule has 130 valence electrons. The Morgan fingerprint density at radius 3 is 2.79 bits per heavy atom. The van der Waals surface area contributed by atoms with Crippen molar-refractivity contribution in [3.8, 4) is 22.8 Å². The van der Waals surface area contributed by atoms with E-state index in [9.17, 15) is 10.2 Å². The fourth-order valence-electron chi connectivity index (χ4n) is 3.03. The highest BCUT2D eigenvalue weighted by atomic mass is 35.5. The molecule has 0 bridgehead atoms. The molecule has 3 N–H and O–H groups in total. The third-order valence-corrected chi connectivity index (χ3v) is 4.66. The minimum atomic E-state index is -0.170. The number of rotatable bonds is 6. The van der Waals surface area contributed by atoms with Crippen LogP contribution in [0.2, 0.25) is 5.02 Å². The number of benzene rings is 1. The Kier molecular flexibility index (Phi) is 5.28. The summed E-state index contributed by atoms with van der Waals surface area (Å²) in [7, 11) is 0.